The number of nitrogens with one attached hydrogen (secondary N) is 1. The van der Waals surface area contributed by atoms with Gasteiger partial charge in [-0.2, -0.15) is 4.68 Å². The maximum absolute atomic E-state index is 6.12. The van der Waals surface area contributed by atoms with Gasteiger partial charge in [0.2, 0.25) is 5.16 Å². The Morgan fingerprint density at radius 3 is 2.75 bits per heavy atom. The molecule has 0 unspecified atom stereocenters. The molecule has 0 fully saturated rings. The van der Waals surface area contributed by atoms with E-state index in [1.165, 1.54) is 11.1 Å². The second-order valence-corrected chi connectivity index (χ2v) is 9.24. The first-order valence-corrected chi connectivity index (χ1v) is 12.1. The number of tetrazole rings is 1. The summed E-state index contributed by atoms with van der Waals surface area (Å²) >= 11 is 5.19. The fraction of sp³-hybridized carbons (Fsp3) is 0.208. The number of ether oxygens (including phenoxy) is 1. The normalized spacial score (nSPS) is 10.9. The third-order valence-corrected chi connectivity index (χ3v) is 6.18. The van der Waals surface area contributed by atoms with Crippen LogP contribution in [-0.2, 0) is 13.2 Å². The predicted molar refractivity (Wildman–Crippen MR) is 131 cm³/mol. The molecule has 4 aromatic rings. The van der Waals surface area contributed by atoms with Crippen molar-refractivity contribution < 1.29 is 4.74 Å². The van der Waals surface area contributed by atoms with Gasteiger partial charge in [-0.25, -0.2) is 0 Å². The topological polar surface area (TPSA) is 64.9 Å². The number of hydrogen-bond acceptors (Lipinski definition) is 6. The van der Waals surface area contributed by atoms with Crippen molar-refractivity contribution in [1.82, 2.24) is 25.5 Å². The molecule has 4 rings (SSSR count). The lowest BCUT2D eigenvalue weighted by Crippen LogP contribution is -2.17. The average Bonchev–Trinajstić information content (AvgIpc) is 3.27. The highest BCUT2D eigenvalue weighted by atomic mass is 79.9. The summed E-state index contributed by atoms with van der Waals surface area (Å²) in [5.74, 6) is 1.74. The third-order valence-electron chi connectivity index (χ3n) is 4.77. The van der Waals surface area contributed by atoms with E-state index in [0.29, 0.717) is 13.2 Å². The van der Waals surface area contributed by atoms with E-state index >= 15 is 0 Å². The van der Waals surface area contributed by atoms with Crippen LogP contribution in [0, 0.1) is 6.92 Å². The molecule has 1 aromatic heterocycles. The van der Waals surface area contributed by atoms with E-state index in [9.17, 15) is 0 Å². The van der Waals surface area contributed by atoms with Crippen LogP contribution in [0.25, 0.3) is 5.69 Å². The summed E-state index contributed by atoms with van der Waals surface area (Å²) in [6, 6.07) is 24.4. The molecule has 0 aliphatic rings. The van der Waals surface area contributed by atoms with Crippen molar-refractivity contribution in [3.8, 4) is 11.4 Å². The lowest BCUT2D eigenvalue weighted by molar-refractivity contribution is 0.302. The van der Waals surface area contributed by atoms with Crippen LogP contribution in [-0.4, -0.2) is 32.5 Å². The smallest absolute Gasteiger partial charge is 0.214 e. The Labute approximate surface area is 200 Å². The molecule has 0 saturated heterocycles. The van der Waals surface area contributed by atoms with Crippen molar-refractivity contribution in [2.45, 2.75) is 25.2 Å². The number of hydrogen-bond donors (Lipinski definition) is 1. The lowest BCUT2D eigenvalue weighted by Gasteiger charge is -2.13. The highest BCUT2D eigenvalue weighted by molar-refractivity contribution is 9.10. The van der Waals surface area contributed by atoms with Crippen molar-refractivity contribution >= 4 is 27.7 Å². The number of rotatable bonds is 10. The molecule has 0 bridgehead atoms. The molecular formula is C24H24BrN5OS. The van der Waals surface area contributed by atoms with Gasteiger partial charge in [-0.15, -0.1) is 5.10 Å². The largest absolute Gasteiger partial charge is 0.489 e. The lowest BCUT2D eigenvalue weighted by atomic mass is 10.1. The third kappa shape index (κ3) is 6.18. The van der Waals surface area contributed by atoms with E-state index in [4.69, 9.17) is 4.74 Å². The number of thioether (sulfide) groups is 1. The van der Waals surface area contributed by atoms with Gasteiger partial charge < -0.3 is 10.1 Å². The Morgan fingerprint density at radius 2 is 1.91 bits per heavy atom. The molecule has 0 aliphatic carbocycles. The zero-order valence-electron chi connectivity index (χ0n) is 17.7. The molecular weight excluding hydrogens is 486 g/mol. The molecule has 164 valence electrons. The van der Waals surface area contributed by atoms with Crippen molar-refractivity contribution in [3.05, 3.63) is 94.0 Å². The number of aryl methyl sites for hydroxylation is 1. The maximum Gasteiger partial charge on any atom is 0.214 e. The second-order valence-electron chi connectivity index (χ2n) is 7.26. The quantitative estimate of drug-likeness (QED) is 0.234. The minimum atomic E-state index is 0.550. The SMILES string of the molecule is Cc1cccc(COc2ccc(Br)cc2CNCCSc2nnnn2-c2ccccc2)c1. The number of para-hydroxylation sites is 1. The first kappa shape index (κ1) is 22.5. The Bertz CT molecular complexity index is 1150. The van der Waals surface area contributed by atoms with Gasteiger partial charge in [-0.3, -0.25) is 0 Å². The summed E-state index contributed by atoms with van der Waals surface area (Å²) in [7, 11) is 0. The Morgan fingerprint density at radius 1 is 1.03 bits per heavy atom. The zero-order chi connectivity index (χ0) is 22.2. The van der Waals surface area contributed by atoms with Crippen LogP contribution >= 0.6 is 27.7 Å². The molecule has 1 heterocycles. The Hall–Kier alpha value is -2.68. The fourth-order valence-electron chi connectivity index (χ4n) is 3.23. The van der Waals surface area contributed by atoms with E-state index in [2.05, 4.69) is 74.0 Å². The summed E-state index contributed by atoms with van der Waals surface area (Å²) in [6.45, 7) is 4.17. The predicted octanol–water partition coefficient (Wildman–Crippen LogP) is 5.19. The number of nitrogens with zero attached hydrogens (tertiary/aromatic N) is 4. The van der Waals surface area contributed by atoms with E-state index in [1.54, 1.807) is 16.4 Å². The molecule has 0 spiro atoms. The van der Waals surface area contributed by atoms with Crippen molar-refractivity contribution in [2.75, 3.05) is 12.3 Å². The molecule has 0 aliphatic heterocycles. The van der Waals surface area contributed by atoms with Crippen molar-refractivity contribution in [1.29, 1.82) is 0 Å². The molecule has 32 heavy (non-hydrogen) atoms. The van der Waals surface area contributed by atoms with Crippen LogP contribution in [0.5, 0.6) is 5.75 Å². The van der Waals surface area contributed by atoms with Gasteiger partial charge in [0.1, 0.15) is 12.4 Å². The van der Waals surface area contributed by atoms with E-state index < -0.39 is 0 Å². The fourth-order valence-corrected chi connectivity index (χ4v) is 4.42. The first-order valence-electron chi connectivity index (χ1n) is 10.3. The number of benzene rings is 3. The van der Waals surface area contributed by atoms with Gasteiger partial charge in [-0.05, 0) is 53.2 Å². The summed E-state index contributed by atoms with van der Waals surface area (Å²) in [5.41, 5.74) is 4.47. The molecule has 0 radical (unpaired) electrons. The van der Waals surface area contributed by atoms with Crippen LogP contribution in [0.3, 0.4) is 0 Å². The van der Waals surface area contributed by atoms with Crippen molar-refractivity contribution in [3.63, 3.8) is 0 Å². The summed E-state index contributed by atoms with van der Waals surface area (Å²) < 4.78 is 8.91. The summed E-state index contributed by atoms with van der Waals surface area (Å²) in [6.07, 6.45) is 0. The highest BCUT2D eigenvalue weighted by Crippen LogP contribution is 2.24. The molecule has 1 N–H and O–H groups in total. The summed E-state index contributed by atoms with van der Waals surface area (Å²) in [4.78, 5) is 0. The Balaban J connectivity index is 1.29. The average molecular weight is 510 g/mol. The van der Waals surface area contributed by atoms with Gasteiger partial charge >= 0.3 is 0 Å². The van der Waals surface area contributed by atoms with Gasteiger partial charge in [0.25, 0.3) is 0 Å². The molecule has 3 aromatic carbocycles. The minimum absolute atomic E-state index is 0.550. The Kier molecular flexibility index (Phi) is 7.92. The molecule has 0 amide bonds. The van der Waals surface area contributed by atoms with E-state index in [0.717, 1.165) is 38.9 Å². The summed E-state index contributed by atoms with van der Waals surface area (Å²) in [5, 5.41) is 16.3. The molecule has 0 saturated carbocycles. The number of aromatic nitrogens is 4. The molecule has 6 nitrogen and oxygen atoms in total. The standard InChI is InChI=1S/C24H24BrN5OS/c1-18-6-5-7-19(14-18)17-31-23-11-10-21(25)15-20(23)16-26-12-13-32-24-27-28-29-30(24)22-8-3-2-4-9-22/h2-11,14-15,26H,12-13,16-17H2,1H3. The first-order chi connectivity index (χ1) is 15.7. The highest BCUT2D eigenvalue weighted by Gasteiger charge is 2.09. The van der Waals surface area contributed by atoms with Gasteiger partial charge in [0.05, 0.1) is 5.69 Å². The van der Waals surface area contributed by atoms with Gasteiger partial charge in [0, 0.05) is 28.9 Å². The van der Waals surface area contributed by atoms with Crippen LogP contribution in [0.15, 0.2) is 82.4 Å². The van der Waals surface area contributed by atoms with Crippen LogP contribution in [0.4, 0.5) is 0 Å². The zero-order valence-corrected chi connectivity index (χ0v) is 20.1. The van der Waals surface area contributed by atoms with E-state index in [-0.39, 0.29) is 0 Å². The second kappa shape index (κ2) is 11.3. The number of halogens is 1. The van der Waals surface area contributed by atoms with Crippen molar-refractivity contribution in [2.24, 2.45) is 0 Å². The molecule has 8 heteroatoms. The van der Waals surface area contributed by atoms with Crippen LogP contribution in [0.1, 0.15) is 16.7 Å². The minimum Gasteiger partial charge on any atom is -0.489 e. The van der Waals surface area contributed by atoms with Gasteiger partial charge in [-0.1, -0.05) is 75.7 Å². The van der Waals surface area contributed by atoms with Crippen LogP contribution < -0.4 is 10.1 Å². The molecule has 0 atom stereocenters. The van der Waals surface area contributed by atoms with Gasteiger partial charge in [0.15, 0.2) is 0 Å². The van der Waals surface area contributed by atoms with E-state index in [1.807, 2.05) is 42.5 Å². The monoisotopic (exact) mass is 509 g/mol. The van der Waals surface area contributed by atoms with Crippen LogP contribution in [0.2, 0.25) is 0 Å². The maximum atomic E-state index is 6.12.